The molecule has 1 unspecified atom stereocenters. The highest BCUT2D eigenvalue weighted by molar-refractivity contribution is 6.25. The molecule has 3 saturated heterocycles. The summed E-state index contributed by atoms with van der Waals surface area (Å²) >= 11 is 0. The number of fused-ring (bicyclic) bond motifs is 1. The zero-order valence-electron chi connectivity index (χ0n) is 22.7. The molecule has 1 aromatic rings. The van der Waals surface area contributed by atoms with Gasteiger partial charge in [-0.1, -0.05) is 6.07 Å². The number of amides is 5. The first-order chi connectivity index (χ1) is 18.5. The molecule has 4 heterocycles. The number of nitrogens with one attached hydrogen (secondary N) is 1. The van der Waals surface area contributed by atoms with Crippen LogP contribution in [0.25, 0.3) is 0 Å². The number of hydrogen-bond acceptors (Lipinski definition) is 8. The first-order valence-electron chi connectivity index (χ1n) is 13.7. The van der Waals surface area contributed by atoms with E-state index in [9.17, 15) is 24.0 Å². The topological polar surface area (TPSA) is 126 Å². The number of carbonyl (C=O) groups is 5. The van der Waals surface area contributed by atoms with E-state index in [1.807, 2.05) is 31.7 Å². The highest BCUT2D eigenvalue weighted by Crippen LogP contribution is 2.36. The second-order valence-corrected chi connectivity index (χ2v) is 11.7. The van der Waals surface area contributed by atoms with Gasteiger partial charge in [-0.15, -0.1) is 0 Å². The van der Waals surface area contributed by atoms with Gasteiger partial charge < -0.3 is 19.3 Å². The van der Waals surface area contributed by atoms with E-state index in [-0.39, 0.29) is 30.6 Å². The van der Waals surface area contributed by atoms with Crippen LogP contribution in [0.1, 0.15) is 73.6 Å². The second-order valence-electron chi connectivity index (χ2n) is 11.7. The van der Waals surface area contributed by atoms with Crippen molar-refractivity contribution in [3.05, 3.63) is 29.3 Å². The Bertz CT molecular complexity index is 1180. The Morgan fingerprint density at radius 1 is 1.03 bits per heavy atom. The van der Waals surface area contributed by atoms with E-state index in [4.69, 9.17) is 9.47 Å². The largest absolute Gasteiger partial charge is 0.444 e. The number of ether oxygens (including phenoxy) is 2. The molecule has 4 aliphatic rings. The molecule has 1 N–H and O–H groups in total. The molecular weight excluding hydrogens is 504 g/mol. The molecule has 11 nitrogen and oxygen atoms in total. The van der Waals surface area contributed by atoms with Crippen molar-refractivity contribution in [1.29, 1.82) is 0 Å². The van der Waals surface area contributed by atoms with Crippen LogP contribution in [0.5, 0.6) is 0 Å². The molecule has 5 rings (SSSR count). The Morgan fingerprint density at radius 3 is 2.41 bits per heavy atom. The highest BCUT2D eigenvalue weighted by Gasteiger charge is 2.46. The van der Waals surface area contributed by atoms with Crippen LogP contribution in [0.15, 0.2) is 18.2 Å². The van der Waals surface area contributed by atoms with Crippen molar-refractivity contribution in [2.75, 3.05) is 37.7 Å². The van der Waals surface area contributed by atoms with Gasteiger partial charge in [-0.2, -0.15) is 0 Å². The average molecular weight is 541 g/mol. The lowest BCUT2D eigenvalue weighted by molar-refractivity contribution is -0.136. The van der Waals surface area contributed by atoms with Crippen LogP contribution in [0, 0.1) is 5.92 Å². The first kappa shape index (κ1) is 27.1. The van der Waals surface area contributed by atoms with E-state index >= 15 is 0 Å². The van der Waals surface area contributed by atoms with Crippen LogP contribution < -0.4 is 10.2 Å². The third kappa shape index (κ3) is 5.63. The molecule has 0 saturated carbocycles. The number of nitrogens with zero attached hydrogens (tertiary/aromatic N) is 3. The van der Waals surface area contributed by atoms with Crippen molar-refractivity contribution in [2.45, 2.75) is 70.6 Å². The second kappa shape index (κ2) is 10.6. The Labute approximate surface area is 227 Å². The molecule has 0 radical (unpaired) electrons. The minimum absolute atomic E-state index is 0.0288. The summed E-state index contributed by atoms with van der Waals surface area (Å²) < 4.78 is 11.6. The Kier molecular flexibility index (Phi) is 7.37. The number of likely N-dealkylation sites (tertiary alicyclic amines) is 1. The third-order valence-electron chi connectivity index (χ3n) is 7.78. The molecule has 0 aromatic heterocycles. The molecule has 39 heavy (non-hydrogen) atoms. The number of rotatable bonds is 6. The van der Waals surface area contributed by atoms with E-state index in [0.717, 1.165) is 24.2 Å². The molecule has 0 aliphatic carbocycles. The van der Waals surface area contributed by atoms with E-state index in [2.05, 4.69) is 5.32 Å². The van der Waals surface area contributed by atoms with Crippen LogP contribution in [-0.4, -0.2) is 90.1 Å². The van der Waals surface area contributed by atoms with Crippen molar-refractivity contribution < 1.29 is 33.4 Å². The van der Waals surface area contributed by atoms with Gasteiger partial charge in [-0.25, -0.2) is 4.79 Å². The molecule has 1 aromatic carbocycles. The standard InChI is InChI=1S/C28H36N4O7/c1-28(2,3)39-27(37)30-12-9-17(10-13-30)11-14-38-18-15-31(16-18)20-6-4-5-19-23(20)26(36)32(25(19)35)21-7-8-22(33)29-24(21)34/h4-6,17-18,21H,7-16H2,1-3H3,(H,29,33,34). The molecular formula is C28H36N4O7. The predicted molar refractivity (Wildman–Crippen MR) is 140 cm³/mol. The maximum Gasteiger partial charge on any atom is 0.410 e. The Balaban J connectivity index is 1.09. The van der Waals surface area contributed by atoms with Gasteiger partial charge in [-0.3, -0.25) is 29.4 Å². The minimum Gasteiger partial charge on any atom is -0.444 e. The zero-order chi connectivity index (χ0) is 27.9. The summed E-state index contributed by atoms with van der Waals surface area (Å²) in [6, 6.07) is 4.18. The zero-order valence-corrected chi connectivity index (χ0v) is 22.7. The number of hydrogen-bond donors (Lipinski definition) is 1. The van der Waals surface area contributed by atoms with Gasteiger partial charge in [0, 0.05) is 39.2 Å². The molecule has 210 valence electrons. The van der Waals surface area contributed by atoms with Crippen molar-refractivity contribution in [3.63, 3.8) is 0 Å². The summed E-state index contributed by atoms with van der Waals surface area (Å²) in [6.45, 7) is 8.83. The summed E-state index contributed by atoms with van der Waals surface area (Å²) in [4.78, 5) is 67.3. The lowest BCUT2D eigenvalue weighted by Crippen LogP contribution is -2.54. The minimum atomic E-state index is -0.980. The van der Waals surface area contributed by atoms with Gasteiger partial charge in [0.1, 0.15) is 11.6 Å². The lowest BCUT2D eigenvalue weighted by Gasteiger charge is -2.41. The normalized spacial score (nSPS) is 22.6. The summed E-state index contributed by atoms with van der Waals surface area (Å²) in [5, 5.41) is 2.22. The Hall–Kier alpha value is -3.47. The van der Waals surface area contributed by atoms with E-state index < -0.39 is 35.3 Å². The molecule has 1 atom stereocenters. The fourth-order valence-electron chi connectivity index (χ4n) is 5.63. The maximum atomic E-state index is 13.3. The number of imide groups is 2. The fraction of sp³-hybridized carbons (Fsp3) is 0.607. The smallest absolute Gasteiger partial charge is 0.410 e. The lowest BCUT2D eigenvalue weighted by atomic mass is 9.94. The fourth-order valence-corrected chi connectivity index (χ4v) is 5.63. The molecule has 5 amide bonds. The summed E-state index contributed by atoms with van der Waals surface area (Å²) in [6.07, 6.45) is 2.77. The molecule has 0 bridgehead atoms. The number of carbonyl (C=O) groups excluding carboxylic acids is 5. The van der Waals surface area contributed by atoms with Gasteiger partial charge in [0.15, 0.2) is 0 Å². The van der Waals surface area contributed by atoms with Crippen molar-refractivity contribution in [2.24, 2.45) is 5.92 Å². The summed E-state index contributed by atoms with van der Waals surface area (Å²) in [5.74, 6) is -1.51. The van der Waals surface area contributed by atoms with Gasteiger partial charge in [0.25, 0.3) is 11.8 Å². The van der Waals surface area contributed by atoms with Crippen molar-refractivity contribution >= 4 is 35.4 Å². The van der Waals surface area contributed by atoms with Crippen molar-refractivity contribution in [3.8, 4) is 0 Å². The van der Waals surface area contributed by atoms with E-state index in [0.29, 0.717) is 50.0 Å². The van der Waals surface area contributed by atoms with Gasteiger partial charge in [0.05, 0.1) is 22.9 Å². The monoisotopic (exact) mass is 540 g/mol. The number of anilines is 1. The van der Waals surface area contributed by atoms with Crippen LogP contribution in [0.4, 0.5) is 10.5 Å². The highest BCUT2D eigenvalue weighted by atomic mass is 16.6. The first-order valence-corrected chi connectivity index (χ1v) is 13.7. The van der Waals surface area contributed by atoms with Crippen LogP contribution in [-0.2, 0) is 19.1 Å². The van der Waals surface area contributed by atoms with Crippen LogP contribution in [0.3, 0.4) is 0 Å². The Morgan fingerprint density at radius 2 is 1.74 bits per heavy atom. The quantitative estimate of drug-likeness (QED) is 0.545. The predicted octanol–water partition coefficient (Wildman–Crippen LogP) is 2.33. The molecule has 3 fully saturated rings. The van der Waals surface area contributed by atoms with Crippen molar-refractivity contribution in [1.82, 2.24) is 15.1 Å². The third-order valence-corrected chi connectivity index (χ3v) is 7.78. The average Bonchev–Trinajstić information content (AvgIpc) is 3.10. The van der Waals surface area contributed by atoms with Gasteiger partial charge in [-0.05, 0) is 64.5 Å². The van der Waals surface area contributed by atoms with Crippen LogP contribution >= 0.6 is 0 Å². The molecule has 0 spiro atoms. The summed E-state index contributed by atoms with van der Waals surface area (Å²) in [7, 11) is 0. The number of benzene rings is 1. The summed E-state index contributed by atoms with van der Waals surface area (Å²) in [5.41, 5.74) is 0.760. The van der Waals surface area contributed by atoms with Gasteiger partial charge >= 0.3 is 6.09 Å². The molecule has 11 heteroatoms. The molecule has 4 aliphatic heterocycles. The maximum absolute atomic E-state index is 13.3. The SMILES string of the molecule is CC(C)(C)OC(=O)N1CCC(CCOC2CN(c3cccc4c3C(=O)N(C3CCC(=O)NC3=O)C4=O)C2)CC1. The van der Waals surface area contributed by atoms with E-state index in [1.165, 1.54) is 0 Å². The van der Waals surface area contributed by atoms with Crippen LogP contribution in [0.2, 0.25) is 0 Å². The van der Waals surface area contributed by atoms with E-state index in [1.54, 1.807) is 17.0 Å². The number of piperidine rings is 2. The van der Waals surface area contributed by atoms with Gasteiger partial charge in [0.2, 0.25) is 11.8 Å².